The molecule has 0 spiro atoms. The monoisotopic (exact) mass is 383 g/mol. The van der Waals surface area contributed by atoms with E-state index in [4.69, 9.17) is 4.74 Å². The number of rotatable bonds is 4. The lowest BCUT2D eigenvalue weighted by atomic mass is 9.82. The molecule has 0 aromatic heterocycles. The van der Waals surface area contributed by atoms with E-state index in [1.807, 2.05) is 0 Å². The number of nitrogens with zero attached hydrogens (tertiary/aromatic N) is 1. The van der Waals surface area contributed by atoms with Gasteiger partial charge in [0.2, 0.25) is 0 Å². The average molecular weight is 383 g/mol. The fourth-order valence-electron chi connectivity index (χ4n) is 3.21. The zero-order chi connectivity index (χ0) is 20.6. The molecule has 0 saturated heterocycles. The van der Waals surface area contributed by atoms with Crippen LogP contribution in [-0.4, -0.2) is 23.9 Å². The molecule has 2 aromatic rings. The van der Waals surface area contributed by atoms with Crippen LogP contribution in [0.2, 0.25) is 0 Å². The summed E-state index contributed by atoms with van der Waals surface area (Å²) in [6, 6.07) is 11.4. The van der Waals surface area contributed by atoms with Crippen LogP contribution in [0.1, 0.15) is 32.4 Å². The number of hydrogen-bond acceptors (Lipinski definition) is 4. The summed E-state index contributed by atoms with van der Waals surface area (Å²) in [4.78, 5) is 27.3. The van der Waals surface area contributed by atoms with E-state index in [9.17, 15) is 19.1 Å². The highest BCUT2D eigenvalue weighted by atomic mass is 19.1. The van der Waals surface area contributed by atoms with E-state index in [0.717, 1.165) is 0 Å². The molecule has 2 aromatic carbocycles. The third kappa shape index (κ3) is 3.38. The van der Waals surface area contributed by atoms with Gasteiger partial charge in [-0.15, -0.1) is 0 Å². The second-order valence-electron chi connectivity index (χ2n) is 7.67. The van der Waals surface area contributed by atoms with Crippen LogP contribution in [0.4, 0.5) is 10.1 Å². The molecule has 0 radical (unpaired) electrons. The second-order valence-corrected chi connectivity index (χ2v) is 7.67. The molecule has 0 saturated carbocycles. The Bertz CT molecular complexity index is 940. The van der Waals surface area contributed by atoms with Crippen LogP contribution in [-0.2, 0) is 9.59 Å². The van der Waals surface area contributed by atoms with Gasteiger partial charge in [-0.3, -0.25) is 14.5 Å². The maximum absolute atomic E-state index is 13.5. The van der Waals surface area contributed by atoms with Crippen LogP contribution in [0.25, 0.3) is 0 Å². The van der Waals surface area contributed by atoms with Gasteiger partial charge in [-0.05, 0) is 42.0 Å². The van der Waals surface area contributed by atoms with Gasteiger partial charge < -0.3 is 9.84 Å². The fraction of sp³-hybridized carbons (Fsp3) is 0.273. The Morgan fingerprint density at radius 2 is 1.64 bits per heavy atom. The maximum atomic E-state index is 13.5. The van der Waals surface area contributed by atoms with Crippen molar-refractivity contribution >= 4 is 17.4 Å². The molecule has 1 N–H and O–H groups in total. The number of aliphatic hydroxyl groups is 1. The minimum Gasteiger partial charge on any atom is -0.503 e. The van der Waals surface area contributed by atoms with Crippen molar-refractivity contribution in [1.82, 2.24) is 0 Å². The Morgan fingerprint density at radius 1 is 1.07 bits per heavy atom. The molecule has 0 bridgehead atoms. The first-order valence-corrected chi connectivity index (χ1v) is 8.86. The molecule has 5 nitrogen and oxygen atoms in total. The lowest BCUT2D eigenvalue weighted by Crippen LogP contribution is -2.32. The predicted molar refractivity (Wildman–Crippen MR) is 104 cm³/mol. The van der Waals surface area contributed by atoms with E-state index in [-0.39, 0.29) is 11.4 Å². The van der Waals surface area contributed by atoms with E-state index < -0.39 is 28.9 Å². The van der Waals surface area contributed by atoms with Crippen LogP contribution >= 0.6 is 0 Å². The molecule has 1 unspecified atom stereocenters. The largest absolute Gasteiger partial charge is 0.503 e. The molecule has 146 valence electrons. The third-order valence-corrected chi connectivity index (χ3v) is 4.67. The summed E-state index contributed by atoms with van der Waals surface area (Å²) in [5, 5.41) is 10.6. The lowest BCUT2D eigenvalue weighted by Gasteiger charge is -2.29. The minimum atomic E-state index is -0.854. The third-order valence-electron chi connectivity index (χ3n) is 4.67. The van der Waals surface area contributed by atoms with Gasteiger partial charge in [-0.1, -0.05) is 32.9 Å². The molecule has 0 aliphatic carbocycles. The molecular formula is C22H22FNO4. The van der Waals surface area contributed by atoms with E-state index >= 15 is 0 Å². The summed E-state index contributed by atoms with van der Waals surface area (Å²) >= 11 is 0. The fourth-order valence-corrected chi connectivity index (χ4v) is 3.21. The quantitative estimate of drug-likeness (QED) is 0.852. The van der Waals surface area contributed by atoms with Crippen molar-refractivity contribution < 1.29 is 23.8 Å². The Hall–Kier alpha value is -3.15. The van der Waals surface area contributed by atoms with Gasteiger partial charge in [0.1, 0.15) is 11.6 Å². The Labute approximate surface area is 163 Å². The number of amides is 1. The van der Waals surface area contributed by atoms with Crippen molar-refractivity contribution in [3.05, 3.63) is 71.2 Å². The molecule has 1 aliphatic heterocycles. The van der Waals surface area contributed by atoms with Crippen LogP contribution in [0.15, 0.2) is 59.9 Å². The molecule has 6 heteroatoms. The number of carbonyl (C=O) groups is 2. The SMILES string of the molecule is COc1ccc(N2C(=O)C(O)=C(C(=O)C(C)(C)C)C2c2ccc(F)cc2)cc1. The van der Waals surface area contributed by atoms with Crippen molar-refractivity contribution in [2.75, 3.05) is 12.0 Å². The van der Waals surface area contributed by atoms with Gasteiger partial charge in [-0.25, -0.2) is 4.39 Å². The van der Waals surface area contributed by atoms with Crippen LogP contribution in [0, 0.1) is 11.2 Å². The van der Waals surface area contributed by atoms with E-state index in [2.05, 4.69) is 0 Å². The topological polar surface area (TPSA) is 66.8 Å². The molecule has 3 rings (SSSR count). The van der Waals surface area contributed by atoms with Crippen molar-refractivity contribution in [3.8, 4) is 5.75 Å². The van der Waals surface area contributed by atoms with Gasteiger partial charge >= 0.3 is 0 Å². The highest BCUT2D eigenvalue weighted by Gasteiger charge is 2.46. The number of ketones is 1. The van der Waals surface area contributed by atoms with Gasteiger partial charge in [-0.2, -0.15) is 0 Å². The van der Waals surface area contributed by atoms with E-state index in [0.29, 0.717) is 17.0 Å². The second kappa shape index (κ2) is 7.11. The summed E-state index contributed by atoms with van der Waals surface area (Å²) in [5.74, 6) is -1.42. The van der Waals surface area contributed by atoms with Crippen molar-refractivity contribution in [3.63, 3.8) is 0 Å². The number of anilines is 1. The standard InChI is InChI=1S/C22H22FNO4/c1-22(2,3)20(26)17-18(13-5-7-14(23)8-6-13)24(21(27)19(17)25)15-9-11-16(28-4)12-10-15/h5-12,18,25H,1-4H3. The van der Waals surface area contributed by atoms with Gasteiger partial charge in [0.25, 0.3) is 5.91 Å². The predicted octanol–water partition coefficient (Wildman–Crippen LogP) is 4.35. The molecule has 1 atom stereocenters. The zero-order valence-electron chi connectivity index (χ0n) is 16.2. The van der Waals surface area contributed by atoms with Crippen LogP contribution in [0.3, 0.4) is 0 Å². The van der Waals surface area contributed by atoms with Crippen LogP contribution in [0.5, 0.6) is 5.75 Å². The molecule has 1 amide bonds. The summed E-state index contributed by atoms with van der Waals surface area (Å²) in [6.45, 7) is 5.16. The lowest BCUT2D eigenvalue weighted by molar-refractivity contribution is -0.123. The molecule has 1 aliphatic rings. The van der Waals surface area contributed by atoms with Crippen LogP contribution < -0.4 is 9.64 Å². The van der Waals surface area contributed by atoms with Crippen molar-refractivity contribution in [2.24, 2.45) is 5.41 Å². The zero-order valence-corrected chi connectivity index (χ0v) is 16.2. The average Bonchev–Trinajstić information content (AvgIpc) is 2.92. The normalized spacial score (nSPS) is 17.2. The number of aliphatic hydroxyl groups excluding tert-OH is 1. The summed E-state index contributed by atoms with van der Waals surface area (Å²) in [5.41, 5.74) is 0.225. The summed E-state index contributed by atoms with van der Waals surface area (Å²) in [7, 11) is 1.53. The van der Waals surface area contributed by atoms with E-state index in [1.165, 1.54) is 36.3 Å². The first kappa shape index (κ1) is 19.6. The van der Waals surface area contributed by atoms with Gasteiger partial charge in [0, 0.05) is 11.1 Å². The summed E-state index contributed by atoms with van der Waals surface area (Å²) in [6.07, 6.45) is 0. The number of carbonyl (C=O) groups excluding carboxylic acids is 2. The van der Waals surface area contributed by atoms with Crippen molar-refractivity contribution in [2.45, 2.75) is 26.8 Å². The Kier molecular flexibility index (Phi) is 4.98. The first-order valence-electron chi connectivity index (χ1n) is 8.86. The minimum absolute atomic E-state index is 0.0138. The highest BCUT2D eigenvalue weighted by Crippen LogP contribution is 2.43. The number of hydrogen-bond donors (Lipinski definition) is 1. The first-order chi connectivity index (χ1) is 13.1. The molecular weight excluding hydrogens is 361 g/mol. The van der Waals surface area contributed by atoms with Gasteiger partial charge in [0.15, 0.2) is 11.5 Å². The number of ether oxygens (including phenoxy) is 1. The smallest absolute Gasteiger partial charge is 0.294 e. The number of Topliss-reactive ketones (excluding diaryl/α,β-unsaturated/α-hetero) is 1. The molecule has 1 heterocycles. The van der Waals surface area contributed by atoms with Crippen molar-refractivity contribution in [1.29, 1.82) is 0 Å². The van der Waals surface area contributed by atoms with E-state index in [1.54, 1.807) is 45.0 Å². The number of benzene rings is 2. The summed E-state index contributed by atoms with van der Waals surface area (Å²) < 4.78 is 18.6. The molecule has 0 fully saturated rings. The Morgan fingerprint density at radius 3 is 2.14 bits per heavy atom. The number of halogens is 1. The maximum Gasteiger partial charge on any atom is 0.294 e. The number of methoxy groups -OCH3 is 1. The Balaban J connectivity index is 2.17. The highest BCUT2D eigenvalue weighted by molar-refractivity contribution is 6.17. The van der Waals surface area contributed by atoms with Gasteiger partial charge in [0.05, 0.1) is 18.7 Å². The molecule has 28 heavy (non-hydrogen) atoms.